The Kier molecular flexibility index (Phi) is 5.51. The molecule has 1 unspecified atom stereocenters. The van der Waals surface area contributed by atoms with Gasteiger partial charge < -0.3 is 4.90 Å². The number of hydrazine groups is 1. The third-order valence-corrected chi connectivity index (χ3v) is 6.15. The largest absolute Gasteiger partial charge is 0.378 e. The van der Waals surface area contributed by atoms with Crippen LogP contribution < -0.4 is 10.3 Å². The molecule has 1 N–H and O–H groups in total. The number of amides is 2. The number of fused-ring (bicyclic) bond motifs is 1. The molecular formula is C20H20N6O4S. The second kappa shape index (κ2) is 8.26. The average molecular weight is 440 g/mol. The van der Waals surface area contributed by atoms with Gasteiger partial charge in [-0.05, 0) is 23.8 Å². The minimum Gasteiger partial charge on any atom is -0.378 e. The monoisotopic (exact) mass is 440 g/mol. The fourth-order valence-corrected chi connectivity index (χ4v) is 4.46. The number of hydrogen-bond acceptors (Lipinski definition) is 7. The highest BCUT2D eigenvalue weighted by Crippen LogP contribution is 2.37. The standard InChI is InChI=1S/C20H20N6O4S/c1-23(2)15-5-3-13(4-6-15)20-25(19(28)12-31-20)22-18(27)11-24-17-8-7-16(26(29)30)9-14(17)10-21-24/h3-10,20H,11-12H2,1-2H3,(H,22,27). The number of anilines is 1. The molecule has 10 nitrogen and oxygen atoms in total. The number of benzene rings is 2. The van der Waals surface area contributed by atoms with Crippen molar-refractivity contribution >= 4 is 45.9 Å². The zero-order valence-corrected chi connectivity index (χ0v) is 17.7. The van der Waals surface area contributed by atoms with Gasteiger partial charge in [0.15, 0.2) is 0 Å². The van der Waals surface area contributed by atoms with E-state index in [0.717, 1.165) is 11.3 Å². The third kappa shape index (κ3) is 4.17. The lowest BCUT2D eigenvalue weighted by atomic mass is 10.2. The molecule has 1 atom stereocenters. The summed E-state index contributed by atoms with van der Waals surface area (Å²) in [6, 6.07) is 12.1. The molecule has 2 amide bonds. The number of carbonyl (C=O) groups is 2. The maximum atomic E-state index is 12.7. The van der Waals surface area contributed by atoms with Crippen LogP contribution >= 0.6 is 11.8 Å². The first kappa shape index (κ1) is 20.7. The summed E-state index contributed by atoms with van der Waals surface area (Å²) in [5, 5.41) is 16.7. The number of aromatic nitrogens is 2. The quantitative estimate of drug-likeness (QED) is 0.462. The first-order chi connectivity index (χ1) is 14.8. The predicted molar refractivity (Wildman–Crippen MR) is 117 cm³/mol. The molecule has 0 spiro atoms. The number of hydrogen-bond donors (Lipinski definition) is 1. The molecule has 1 aromatic heterocycles. The fraction of sp³-hybridized carbons (Fsp3) is 0.250. The smallest absolute Gasteiger partial charge is 0.270 e. The molecule has 0 aliphatic carbocycles. The second-order valence-corrected chi connectivity index (χ2v) is 8.32. The Bertz CT molecular complexity index is 1160. The van der Waals surface area contributed by atoms with Crippen molar-refractivity contribution in [2.75, 3.05) is 24.7 Å². The number of nitro benzene ring substituents is 1. The Balaban J connectivity index is 1.48. The molecule has 4 rings (SSSR count). The molecule has 0 radical (unpaired) electrons. The lowest BCUT2D eigenvalue weighted by Gasteiger charge is -2.25. The summed E-state index contributed by atoms with van der Waals surface area (Å²) in [5.41, 5.74) is 5.20. The van der Waals surface area contributed by atoms with Gasteiger partial charge in [0.2, 0.25) is 0 Å². The van der Waals surface area contributed by atoms with Crippen LogP contribution in [0.5, 0.6) is 0 Å². The number of nitrogens with zero attached hydrogens (tertiary/aromatic N) is 5. The van der Waals surface area contributed by atoms with E-state index in [1.807, 2.05) is 43.3 Å². The molecule has 0 bridgehead atoms. The van der Waals surface area contributed by atoms with Gasteiger partial charge in [-0.2, -0.15) is 5.10 Å². The number of carbonyl (C=O) groups excluding carboxylic acids is 2. The van der Waals surface area contributed by atoms with Gasteiger partial charge in [0.25, 0.3) is 17.5 Å². The van der Waals surface area contributed by atoms with Crippen LogP contribution in [0.1, 0.15) is 10.9 Å². The zero-order chi connectivity index (χ0) is 22.1. The highest BCUT2D eigenvalue weighted by molar-refractivity contribution is 8.00. The Labute approximate surface area is 181 Å². The number of rotatable bonds is 6. The predicted octanol–water partition coefficient (Wildman–Crippen LogP) is 2.32. The first-order valence-corrected chi connectivity index (χ1v) is 10.5. The zero-order valence-electron chi connectivity index (χ0n) is 16.9. The molecule has 11 heteroatoms. The van der Waals surface area contributed by atoms with Crippen LogP contribution in [-0.4, -0.2) is 51.4 Å². The van der Waals surface area contributed by atoms with Crippen molar-refractivity contribution in [3.05, 3.63) is 64.3 Å². The highest BCUT2D eigenvalue weighted by Gasteiger charge is 2.34. The van der Waals surface area contributed by atoms with Crippen molar-refractivity contribution in [1.29, 1.82) is 0 Å². The van der Waals surface area contributed by atoms with Gasteiger partial charge in [-0.15, -0.1) is 11.8 Å². The lowest BCUT2D eigenvalue weighted by Crippen LogP contribution is -2.45. The van der Waals surface area contributed by atoms with Gasteiger partial charge in [0.1, 0.15) is 11.9 Å². The maximum Gasteiger partial charge on any atom is 0.270 e. The van der Waals surface area contributed by atoms with Crippen molar-refractivity contribution < 1.29 is 14.5 Å². The van der Waals surface area contributed by atoms with E-state index in [9.17, 15) is 19.7 Å². The van der Waals surface area contributed by atoms with Crippen molar-refractivity contribution in [3.8, 4) is 0 Å². The van der Waals surface area contributed by atoms with Crippen molar-refractivity contribution in [2.24, 2.45) is 0 Å². The summed E-state index contributed by atoms with van der Waals surface area (Å²) in [7, 11) is 3.90. The molecule has 3 aromatic rings. The fourth-order valence-electron chi connectivity index (χ4n) is 3.35. The van der Waals surface area contributed by atoms with Gasteiger partial charge in [-0.3, -0.25) is 29.8 Å². The topological polar surface area (TPSA) is 114 Å². The molecule has 0 saturated carbocycles. The molecule has 1 aliphatic heterocycles. The van der Waals surface area contributed by atoms with Gasteiger partial charge in [-0.25, -0.2) is 5.01 Å². The maximum absolute atomic E-state index is 12.7. The van der Waals surface area contributed by atoms with Gasteiger partial charge in [0, 0.05) is 37.3 Å². The SMILES string of the molecule is CN(C)c1ccc(C2SCC(=O)N2NC(=O)Cn2ncc3cc([N+](=O)[O-])ccc32)cc1. The molecule has 1 saturated heterocycles. The van der Waals surface area contributed by atoms with Crippen LogP contribution in [0.25, 0.3) is 10.9 Å². The minimum atomic E-state index is -0.481. The van der Waals surface area contributed by atoms with Crippen LogP contribution in [0, 0.1) is 10.1 Å². The first-order valence-electron chi connectivity index (χ1n) is 9.44. The Hall–Kier alpha value is -3.60. The average Bonchev–Trinajstić information content (AvgIpc) is 3.31. The molecule has 1 aliphatic rings. The molecule has 1 fully saturated rings. The van der Waals surface area contributed by atoms with Crippen LogP contribution in [0.3, 0.4) is 0 Å². The van der Waals surface area contributed by atoms with E-state index in [0.29, 0.717) is 10.9 Å². The molecule has 160 valence electrons. The third-order valence-electron chi connectivity index (χ3n) is 4.94. The van der Waals surface area contributed by atoms with E-state index in [2.05, 4.69) is 10.5 Å². The number of nitro groups is 1. The summed E-state index contributed by atoms with van der Waals surface area (Å²) < 4.78 is 1.45. The summed E-state index contributed by atoms with van der Waals surface area (Å²) in [6.07, 6.45) is 1.47. The second-order valence-electron chi connectivity index (χ2n) is 7.25. The Morgan fingerprint density at radius 1 is 1.29 bits per heavy atom. The molecule has 31 heavy (non-hydrogen) atoms. The van der Waals surface area contributed by atoms with Crippen LogP contribution in [0.15, 0.2) is 48.7 Å². The van der Waals surface area contributed by atoms with E-state index in [1.165, 1.54) is 39.8 Å². The Morgan fingerprint density at radius 2 is 2.03 bits per heavy atom. The van der Waals surface area contributed by atoms with Crippen LogP contribution in [0.2, 0.25) is 0 Å². The van der Waals surface area contributed by atoms with E-state index in [4.69, 9.17) is 0 Å². The summed E-state index contributed by atoms with van der Waals surface area (Å²) in [6.45, 7) is -0.123. The summed E-state index contributed by atoms with van der Waals surface area (Å²) in [5.74, 6) is -0.315. The number of non-ortho nitro benzene ring substituents is 1. The van der Waals surface area contributed by atoms with E-state index >= 15 is 0 Å². The molecule has 2 aromatic carbocycles. The van der Waals surface area contributed by atoms with Crippen molar-refractivity contribution in [3.63, 3.8) is 0 Å². The number of nitrogens with one attached hydrogen (secondary N) is 1. The molecular weight excluding hydrogens is 420 g/mol. The normalized spacial score (nSPS) is 16.0. The van der Waals surface area contributed by atoms with Gasteiger partial charge in [-0.1, -0.05) is 12.1 Å². The van der Waals surface area contributed by atoms with Crippen LogP contribution in [0.4, 0.5) is 11.4 Å². The van der Waals surface area contributed by atoms with Gasteiger partial charge >= 0.3 is 0 Å². The van der Waals surface area contributed by atoms with E-state index in [-0.39, 0.29) is 29.3 Å². The van der Waals surface area contributed by atoms with Crippen LogP contribution in [-0.2, 0) is 16.1 Å². The number of thioether (sulfide) groups is 1. The minimum absolute atomic E-state index is 0.0423. The van der Waals surface area contributed by atoms with Crippen molar-refractivity contribution in [1.82, 2.24) is 20.2 Å². The van der Waals surface area contributed by atoms with Crippen molar-refractivity contribution in [2.45, 2.75) is 11.9 Å². The van der Waals surface area contributed by atoms with E-state index in [1.54, 1.807) is 6.07 Å². The summed E-state index contributed by atoms with van der Waals surface area (Å²) >= 11 is 1.44. The lowest BCUT2D eigenvalue weighted by molar-refractivity contribution is -0.384. The highest BCUT2D eigenvalue weighted by atomic mass is 32.2. The van der Waals surface area contributed by atoms with Gasteiger partial charge in [0.05, 0.1) is 22.4 Å². The summed E-state index contributed by atoms with van der Waals surface area (Å²) in [4.78, 5) is 37.5. The molecule has 2 heterocycles. The van der Waals surface area contributed by atoms with E-state index < -0.39 is 10.8 Å². The Morgan fingerprint density at radius 3 is 2.71 bits per heavy atom.